The minimum absolute atomic E-state index is 0.0240. The quantitative estimate of drug-likeness (QED) is 0.869. The van der Waals surface area contributed by atoms with Crippen molar-refractivity contribution >= 4 is 33.3 Å². The van der Waals surface area contributed by atoms with Gasteiger partial charge in [0, 0.05) is 18.9 Å². The number of anilines is 1. The van der Waals surface area contributed by atoms with Crippen molar-refractivity contribution in [1.29, 1.82) is 0 Å². The Kier molecular flexibility index (Phi) is 4.74. The van der Waals surface area contributed by atoms with Crippen molar-refractivity contribution in [3.8, 4) is 0 Å². The van der Waals surface area contributed by atoms with E-state index in [4.69, 9.17) is 0 Å². The Bertz CT molecular complexity index is 463. The minimum atomic E-state index is -0.859. The van der Waals surface area contributed by atoms with Crippen molar-refractivity contribution in [2.45, 2.75) is 19.8 Å². The molecule has 0 atom stereocenters. The van der Waals surface area contributed by atoms with Crippen LogP contribution in [-0.2, 0) is 9.59 Å². The maximum absolute atomic E-state index is 13.2. The fourth-order valence-electron chi connectivity index (χ4n) is 1.12. The highest BCUT2D eigenvalue weighted by atomic mass is 79.9. The van der Waals surface area contributed by atoms with Crippen molar-refractivity contribution in [2.75, 3.05) is 5.32 Å². The number of amides is 1. The third-order valence-electron chi connectivity index (χ3n) is 1.99. The van der Waals surface area contributed by atoms with E-state index in [-0.39, 0.29) is 28.8 Å². The number of Topliss-reactive ketones (excluding diaryl/α,β-unsaturated/α-hetero) is 1. The van der Waals surface area contributed by atoms with Crippen molar-refractivity contribution < 1.29 is 18.4 Å². The molecule has 1 N–H and O–H groups in total. The molecule has 0 unspecified atom stereocenters. The van der Waals surface area contributed by atoms with Crippen LogP contribution in [-0.4, -0.2) is 11.7 Å². The van der Waals surface area contributed by atoms with Gasteiger partial charge in [-0.1, -0.05) is 0 Å². The number of benzene rings is 1. The van der Waals surface area contributed by atoms with E-state index in [0.717, 1.165) is 6.07 Å². The molecule has 0 aliphatic heterocycles. The van der Waals surface area contributed by atoms with Gasteiger partial charge in [-0.25, -0.2) is 8.78 Å². The number of halogens is 3. The number of rotatable bonds is 4. The molecule has 1 rings (SSSR count). The van der Waals surface area contributed by atoms with Crippen LogP contribution in [0.25, 0.3) is 0 Å². The van der Waals surface area contributed by atoms with Crippen molar-refractivity contribution in [2.24, 2.45) is 0 Å². The third-order valence-corrected chi connectivity index (χ3v) is 2.60. The number of carbonyl (C=O) groups excluding carboxylic acids is 2. The Balaban J connectivity index is 2.71. The molecule has 17 heavy (non-hydrogen) atoms. The largest absolute Gasteiger partial charge is 0.324 e. The Morgan fingerprint density at radius 2 is 1.88 bits per heavy atom. The van der Waals surface area contributed by atoms with Gasteiger partial charge in [-0.3, -0.25) is 4.79 Å². The van der Waals surface area contributed by atoms with Gasteiger partial charge in [0.15, 0.2) is 0 Å². The molecule has 3 nitrogen and oxygen atoms in total. The second-order valence-electron chi connectivity index (χ2n) is 3.50. The number of ketones is 1. The second kappa shape index (κ2) is 5.86. The first kappa shape index (κ1) is 13.8. The van der Waals surface area contributed by atoms with Gasteiger partial charge in [0.05, 0.1) is 10.2 Å². The number of hydrogen-bond donors (Lipinski definition) is 1. The molecule has 0 heterocycles. The number of nitrogens with one attached hydrogen (secondary N) is 1. The Morgan fingerprint density at radius 1 is 1.24 bits per heavy atom. The van der Waals surface area contributed by atoms with Crippen LogP contribution in [0.3, 0.4) is 0 Å². The van der Waals surface area contributed by atoms with E-state index >= 15 is 0 Å². The van der Waals surface area contributed by atoms with Crippen LogP contribution in [0.2, 0.25) is 0 Å². The van der Waals surface area contributed by atoms with Gasteiger partial charge in [-0.05, 0) is 28.9 Å². The lowest BCUT2D eigenvalue weighted by Crippen LogP contribution is -2.13. The fraction of sp³-hybridized carbons (Fsp3) is 0.273. The first-order chi connectivity index (χ1) is 7.90. The van der Waals surface area contributed by atoms with Gasteiger partial charge in [-0.15, -0.1) is 0 Å². The zero-order valence-electron chi connectivity index (χ0n) is 9.02. The van der Waals surface area contributed by atoms with Crippen LogP contribution >= 0.6 is 15.9 Å². The smallest absolute Gasteiger partial charge is 0.224 e. The lowest BCUT2D eigenvalue weighted by Gasteiger charge is -2.06. The summed E-state index contributed by atoms with van der Waals surface area (Å²) in [6.45, 7) is 1.36. The molecule has 0 bridgehead atoms. The van der Waals surface area contributed by atoms with Crippen LogP contribution in [0.1, 0.15) is 19.8 Å². The fourth-order valence-corrected chi connectivity index (χ4v) is 1.46. The standard InChI is InChI=1S/C11H10BrF2NO2/c1-6(16)2-3-11(17)15-10-4-7(12)8(13)5-9(10)14/h4-5H,2-3H2,1H3,(H,15,17). The molecule has 0 saturated carbocycles. The summed E-state index contributed by atoms with van der Waals surface area (Å²) in [5, 5.41) is 2.27. The van der Waals surface area contributed by atoms with Gasteiger partial charge in [-0.2, -0.15) is 0 Å². The van der Waals surface area contributed by atoms with Gasteiger partial charge < -0.3 is 10.1 Å². The molecule has 0 aliphatic carbocycles. The summed E-state index contributed by atoms with van der Waals surface area (Å²) in [4.78, 5) is 22.0. The molecule has 1 aromatic rings. The Hall–Kier alpha value is -1.30. The van der Waals surface area contributed by atoms with Gasteiger partial charge >= 0.3 is 0 Å². The first-order valence-electron chi connectivity index (χ1n) is 4.84. The zero-order valence-corrected chi connectivity index (χ0v) is 10.6. The van der Waals surface area contributed by atoms with Crippen LogP contribution < -0.4 is 5.32 Å². The summed E-state index contributed by atoms with van der Waals surface area (Å²) < 4.78 is 26.2. The first-order valence-corrected chi connectivity index (χ1v) is 5.63. The average Bonchev–Trinajstić information content (AvgIpc) is 2.23. The van der Waals surface area contributed by atoms with Crippen LogP contribution in [0.5, 0.6) is 0 Å². The van der Waals surface area contributed by atoms with E-state index in [0.29, 0.717) is 6.07 Å². The lowest BCUT2D eigenvalue weighted by atomic mass is 10.2. The summed E-state index contributed by atoms with van der Waals surface area (Å²) in [5.74, 6) is -2.22. The normalized spacial score (nSPS) is 10.1. The molecule has 6 heteroatoms. The van der Waals surface area contributed by atoms with Gasteiger partial charge in [0.1, 0.15) is 17.4 Å². The predicted octanol–water partition coefficient (Wildman–Crippen LogP) is 3.04. The van der Waals surface area contributed by atoms with Crippen molar-refractivity contribution in [3.63, 3.8) is 0 Å². The van der Waals surface area contributed by atoms with Crippen molar-refractivity contribution in [3.05, 3.63) is 28.2 Å². The monoisotopic (exact) mass is 305 g/mol. The van der Waals surface area contributed by atoms with E-state index in [1.54, 1.807) is 0 Å². The second-order valence-corrected chi connectivity index (χ2v) is 4.35. The number of carbonyl (C=O) groups is 2. The van der Waals surface area contributed by atoms with E-state index in [1.807, 2.05) is 0 Å². The highest BCUT2D eigenvalue weighted by Crippen LogP contribution is 2.23. The molecule has 0 aromatic heterocycles. The molecular formula is C11H10BrF2NO2. The third kappa shape index (κ3) is 4.22. The predicted molar refractivity (Wildman–Crippen MR) is 62.6 cm³/mol. The van der Waals surface area contributed by atoms with E-state index in [2.05, 4.69) is 21.2 Å². The van der Waals surface area contributed by atoms with Crippen molar-refractivity contribution in [1.82, 2.24) is 0 Å². The van der Waals surface area contributed by atoms with Gasteiger partial charge in [0.25, 0.3) is 0 Å². The summed E-state index contributed by atoms with van der Waals surface area (Å²) in [7, 11) is 0. The molecule has 92 valence electrons. The SMILES string of the molecule is CC(=O)CCC(=O)Nc1cc(Br)c(F)cc1F. The van der Waals surface area contributed by atoms with Crippen LogP contribution in [0.4, 0.5) is 14.5 Å². The molecular weight excluding hydrogens is 296 g/mol. The van der Waals surface area contributed by atoms with E-state index < -0.39 is 17.5 Å². The molecule has 1 aromatic carbocycles. The summed E-state index contributed by atoms with van der Waals surface area (Å²) in [6, 6.07) is 1.81. The minimum Gasteiger partial charge on any atom is -0.324 e. The molecule has 0 saturated heterocycles. The average molecular weight is 306 g/mol. The topological polar surface area (TPSA) is 46.2 Å². The Labute approximate surface area is 105 Å². The summed E-state index contributed by atoms with van der Waals surface area (Å²) >= 11 is 2.89. The van der Waals surface area contributed by atoms with Crippen LogP contribution in [0.15, 0.2) is 16.6 Å². The van der Waals surface area contributed by atoms with Crippen LogP contribution in [0, 0.1) is 11.6 Å². The lowest BCUT2D eigenvalue weighted by molar-refractivity contribution is -0.121. The maximum atomic E-state index is 13.2. The summed E-state index contributed by atoms with van der Waals surface area (Å²) in [6.07, 6.45) is 0.0690. The van der Waals surface area contributed by atoms with Gasteiger partial charge in [0.2, 0.25) is 5.91 Å². The molecule has 0 aliphatic rings. The summed E-state index contributed by atoms with van der Waals surface area (Å²) in [5.41, 5.74) is -0.119. The molecule has 1 amide bonds. The highest BCUT2D eigenvalue weighted by molar-refractivity contribution is 9.10. The Morgan fingerprint density at radius 3 is 2.47 bits per heavy atom. The number of hydrogen-bond acceptors (Lipinski definition) is 2. The molecule has 0 radical (unpaired) electrons. The molecule has 0 fully saturated rings. The molecule has 0 spiro atoms. The maximum Gasteiger partial charge on any atom is 0.224 e. The van der Waals surface area contributed by atoms with E-state index in [9.17, 15) is 18.4 Å². The zero-order chi connectivity index (χ0) is 13.0. The van der Waals surface area contributed by atoms with E-state index in [1.165, 1.54) is 6.92 Å². The highest BCUT2D eigenvalue weighted by Gasteiger charge is 2.11.